The van der Waals surface area contributed by atoms with Crippen LogP contribution in [0, 0.1) is 28.1 Å². The molecule has 5 nitrogen and oxygen atoms in total. The van der Waals surface area contributed by atoms with Gasteiger partial charge in [0, 0.05) is 17.8 Å². The Hall–Kier alpha value is -1.36. The number of hydrogen-bond donors (Lipinski definition) is 2. The first-order chi connectivity index (χ1) is 12.5. The van der Waals surface area contributed by atoms with E-state index in [9.17, 15) is 19.8 Å². The minimum Gasteiger partial charge on any atom is -0.481 e. The molecule has 27 heavy (non-hydrogen) atoms. The Morgan fingerprint density at radius 1 is 1.15 bits per heavy atom. The van der Waals surface area contributed by atoms with Crippen LogP contribution in [0.2, 0.25) is 0 Å². The van der Waals surface area contributed by atoms with Crippen molar-refractivity contribution in [2.45, 2.75) is 83.8 Å². The molecule has 1 spiro atoms. The number of aliphatic hydroxyl groups is 1. The summed E-state index contributed by atoms with van der Waals surface area (Å²) >= 11 is 0. The van der Waals surface area contributed by atoms with Gasteiger partial charge in [-0.15, -0.1) is 0 Å². The first kappa shape index (κ1) is 19.0. The van der Waals surface area contributed by atoms with E-state index in [-0.39, 0.29) is 17.8 Å². The summed E-state index contributed by atoms with van der Waals surface area (Å²) in [6, 6.07) is 0. The van der Waals surface area contributed by atoms with Gasteiger partial charge in [-0.1, -0.05) is 19.9 Å². The third-order valence-electron chi connectivity index (χ3n) is 9.18. The number of esters is 1. The molecule has 4 aliphatic carbocycles. The lowest BCUT2D eigenvalue weighted by molar-refractivity contribution is -0.278. The molecule has 4 saturated carbocycles. The number of aliphatic carboxylic acids is 1. The van der Waals surface area contributed by atoms with Crippen LogP contribution in [0.3, 0.4) is 0 Å². The van der Waals surface area contributed by atoms with E-state index in [1.165, 1.54) is 6.92 Å². The molecule has 0 aromatic carbocycles. The Morgan fingerprint density at radius 2 is 1.85 bits per heavy atom. The summed E-state index contributed by atoms with van der Waals surface area (Å²) in [5.74, 6) is -0.879. The number of fused-ring (bicyclic) bond motifs is 3. The Morgan fingerprint density at radius 3 is 2.48 bits per heavy atom. The summed E-state index contributed by atoms with van der Waals surface area (Å²) in [6.45, 7) is 9.63. The molecule has 0 aliphatic heterocycles. The molecule has 2 bridgehead atoms. The highest BCUT2D eigenvalue weighted by molar-refractivity contribution is 5.75. The molecule has 4 rings (SSSR count). The number of ether oxygens (including phenoxy) is 1. The molecular formula is C22H32O5. The Labute approximate surface area is 161 Å². The highest BCUT2D eigenvalue weighted by Crippen LogP contribution is 2.74. The van der Waals surface area contributed by atoms with Crippen molar-refractivity contribution in [2.75, 3.05) is 0 Å². The molecule has 0 aromatic rings. The van der Waals surface area contributed by atoms with Crippen LogP contribution in [0.1, 0.15) is 72.1 Å². The number of rotatable bonds is 2. The van der Waals surface area contributed by atoms with Crippen molar-refractivity contribution in [3.05, 3.63) is 12.2 Å². The number of hydrogen-bond acceptors (Lipinski definition) is 4. The van der Waals surface area contributed by atoms with Gasteiger partial charge in [-0.2, -0.15) is 0 Å². The second kappa shape index (κ2) is 5.59. The summed E-state index contributed by atoms with van der Waals surface area (Å²) in [7, 11) is 0. The first-order valence-corrected chi connectivity index (χ1v) is 10.3. The van der Waals surface area contributed by atoms with Gasteiger partial charge in [0.15, 0.2) is 0 Å². The monoisotopic (exact) mass is 376 g/mol. The Bertz CT molecular complexity index is 715. The molecule has 7 atom stereocenters. The molecule has 4 aliphatic rings. The van der Waals surface area contributed by atoms with Gasteiger partial charge in [-0.05, 0) is 69.3 Å². The number of carboxylic acids is 1. The first-order valence-electron chi connectivity index (χ1n) is 10.3. The maximum absolute atomic E-state index is 12.3. The largest absolute Gasteiger partial charge is 0.481 e. The zero-order valence-electron chi connectivity index (χ0n) is 16.7. The van der Waals surface area contributed by atoms with Gasteiger partial charge < -0.3 is 14.9 Å². The molecule has 5 heteroatoms. The van der Waals surface area contributed by atoms with Crippen LogP contribution in [0.25, 0.3) is 0 Å². The van der Waals surface area contributed by atoms with E-state index in [0.29, 0.717) is 19.3 Å². The minimum atomic E-state index is -1.03. The van der Waals surface area contributed by atoms with Crippen LogP contribution < -0.4 is 0 Å². The highest BCUT2D eigenvalue weighted by Gasteiger charge is 2.75. The average Bonchev–Trinajstić information content (AvgIpc) is 2.80. The van der Waals surface area contributed by atoms with E-state index in [1.807, 2.05) is 6.92 Å². The zero-order valence-corrected chi connectivity index (χ0v) is 16.7. The molecule has 2 N–H and O–H groups in total. The molecule has 0 unspecified atom stereocenters. The lowest BCUT2D eigenvalue weighted by atomic mass is 9.38. The van der Waals surface area contributed by atoms with Crippen LogP contribution >= 0.6 is 0 Å². The average molecular weight is 376 g/mol. The predicted octanol–water partition coefficient (Wildman–Crippen LogP) is 3.70. The predicted molar refractivity (Wildman–Crippen MR) is 99.8 cm³/mol. The van der Waals surface area contributed by atoms with Gasteiger partial charge in [-0.3, -0.25) is 9.59 Å². The van der Waals surface area contributed by atoms with Crippen molar-refractivity contribution in [1.29, 1.82) is 0 Å². The Balaban J connectivity index is 1.84. The van der Waals surface area contributed by atoms with Crippen molar-refractivity contribution in [3.63, 3.8) is 0 Å². The quantitative estimate of drug-likeness (QED) is 0.567. The summed E-state index contributed by atoms with van der Waals surface area (Å²) in [6.07, 6.45) is 5.54. The van der Waals surface area contributed by atoms with E-state index in [4.69, 9.17) is 4.74 Å². The topological polar surface area (TPSA) is 83.8 Å². The lowest BCUT2D eigenvalue weighted by Crippen LogP contribution is -2.71. The fourth-order valence-corrected chi connectivity index (χ4v) is 7.87. The summed E-state index contributed by atoms with van der Waals surface area (Å²) < 4.78 is 5.77. The second-order valence-corrected chi connectivity index (χ2v) is 10.1. The number of carbonyl (C=O) groups excluding carboxylic acids is 1. The molecule has 4 fully saturated rings. The summed E-state index contributed by atoms with van der Waals surface area (Å²) in [4.78, 5) is 24.0. The highest BCUT2D eigenvalue weighted by atomic mass is 16.5. The maximum Gasteiger partial charge on any atom is 0.309 e. The SMILES string of the molecule is C=C1[C@@H]2CC[C@]3(O)[C@@](CC[C@@H]4[C@](C)(C(=O)O)CCC[C@]43C)(C2)[C@H]1OC(C)=O. The third kappa shape index (κ3) is 2.10. The fourth-order valence-electron chi connectivity index (χ4n) is 7.87. The summed E-state index contributed by atoms with van der Waals surface area (Å²) in [5.41, 5.74) is -1.92. The number of carboxylic acid groups (broad SMARTS) is 1. The molecule has 150 valence electrons. The molecule has 0 heterocycles. The third-order valence-corrected chi connectivity index (χ3v) is 9.18. The van der Waals surface area contributed by atoms with E-state index in [1.54, 1.807) is 0 Å². The minimum absolute atomic E-state index is 0.0738. The van der Waals surface area contributed by atoms with Crippen LogP contribution in [0.5, 0.6) is 0 Å². The van der Waals surface area contributed by atoms with Gasteiger partial charge in [0.2, 0.25) is 0 Å². The van der Waals surface area contributed by atoms with Crippen molar-refractivity contribution in [1.82, 2.24) is 0 Å². The maximum atomic E-state index is 12.3. The van der Waals surface area contributed by atoms with E-state index in [0.717, 1.165) is 37.7 Å². The van der Waals surface area contributed by atoms with Crippen molar-refractivity contribution >= 4 is 11.9 Å². The van der Waals surface area contributed by atoms with Crippen molar-refractivity contribution < 1.29 is 24.5 Å². The van der Waals surface area contributed by atoms with Crippen LogP contribution in [0.4, 0.5) is 0 Å². The van der Waals surface area contributed by atoms with E-state index < -0.39 is 33.9 Å². The van der Waals surface area contributed by atoms with Crippen molar-refractivity contribution in [2.24, 2.45) is 28.1 Å². The molecule has 0 radical (unpaired) electrons. The van der Waals surface area contributed by atoms with Gasteiger partial charge >= 0.3 is 11.9 Å². The van der Waals surface area contributed by atoms with Crippen molar-refractivity contribution in [3.8, 4) is 0 Å². The van der Waals surface area contributed by atoms with Gasteiger partial charge in [0.1, 0.15) is 6.10 Å². The van der Waals surface area contributed by atoms with Gasteiger partial charge in [-0.25, -0.2) is 0 Å². The standard InChI is InChI=1S/C22H32O5/c1-13-15-6-11-22(26)20(4)9-5-8-19(3,18(24)25)16(20)7-10-21(22,12-15)17(13)27-14(2)23/h15-17,26H,1,5-12H2,2-4H3,(H,24,25)/t15-,16-,17+,19-,20-,21+,22-/m1/s1. The van der Waals surface area contributed by atoms with E-state index >= 15 is 0 Å². The normalized spacial score (nSPS) is 51.3. The Kier molecular flexibility index (Phi) is 3.93. The smallest absolute Gasteiger partial charge is 0.309 e. The van der Waals surface area contributed by atoms with Gasteiger partial charge in [0.05, 0.1) is 11.0 Å². The lowest BCUT2D eigenvalue weighted by Gasteiger charge is -2.68. The summed E-state index contributed by atoms with van der Waals surface area (Å²) in [5, 5.41) is 22.3. The zero-order chi connectivity index (χ0) is 19.8. The second-order valence-electron chi connectivity index (χ2n) is 10.1. The van der Waals surface area contributed by atoms with Gasteiger partial charge in [0.25, 0.3) is 0 Å². The van der Waals surface area contributed by atoms with Crippen LogP contribution in [-0.2, 0) is 14.3 Å². The molecule has 0 amide bonds. The molecular weight excluding hydrogens is 344 g/mol. The van der Waals surface area contributed by atoms with Crippen LogP contribution in [-0.4, -0.2) is 33.9 Å². The molecule has 0 saturated heterocycles. The fraction of sp³-hybridized carbons (Fsp3) is 0.818. The number of carbonyl (C=O) groups is 2. The van der Waals surface area contributed by atoms with Crippen LogP contribution in [0.15, 0.2) is 12.2 Å². The van der Waals surface area contributed by atoms with E-state index in [2.05, 4.69) is 13.5 Å². The molecule has 0 aromatic heterocycles.